The fourth-order valence-electron chi connectivity index (χ4n) is 1.37. The lowest BCUT2D eigenvalue weighted by Crippen LogP contribution is -2.21. The molecule has 16 heavy (non-hydrogen) atoms. The minimum atomic E-state index is -0.213. The Bertz CT molecular complexity index is 502. The van der Waals surface area contributed by atoms with Gasteiger partial charge in [0.25, 0.3) is 5.91 Å². The molecule has 0 fully saturated rings. The second-order valence-electron chi connectivity index (χ2n) is 3.47. The predicted octanol–water partition coefficient (Wildman–Crippen LogP) is 2.31. The van der Waals surface area contributed by atoms with E-state index in [1.165, 1.54) is 0 Å². The smallest absolute Gasteiger partial charge is 0.287 e. The highest BCUT2D eigenvalue weighted by Crippen LogP contribution is 2.13. The van der Waals surface area contributed by atoms with E-state index < -0.39 is 0 Å². The summed E-state index contributed by atoms with van der Waals surface area (Å²) >= 11 is 3.15. The van der Waals surface area contributed by atoms with Crippen LogP contribution >= 0.6 is 15.9 Å². The van der Waals surface area contributed by atoms with Crippen LogP contribution in [0.25, 0.3) is 0 Å². The summed E-state index contributed by atoms with van der Waals surface area (Å²) in [6.45, 7) is 0.498. The second-order valence-corrected chi connectivity index (χ2v) is 4.25. The summed E-state index contributed by atoms with van der Waals surface area (Å²) in [6, 6.07) is 5.28. The lowest BCUT2D eigenvalue weighted by Gasteiger charge is -2.00. The number of rotatable bonds is 3. The Morgan fingerprint density at radius 2 is 2.31 bits per heavy atom. The molecule has 0 bridgehead atoms. The van der Waals surface area contributed by atoms with Gasteiger partial charge in [-0.1, -0.05) is 0 Å². The lowest BCUT2D eigenvalue weighted by atomic mass is 10.3. The van der Waals surface area contributed by atoms with E-state index in [-0.39, 0.29) is 5.91 Å². The topological polar surface area (TPSA) is 47.2 Å². The Morgan fingerprint density at radius 1 is 1.50 bits per heavy atom. The number of furan rings is 1. The number of amides is 1. The number of nitrogens with one attached hydrogen (secondary N) is 1. The third-order valence-electron chi connectivity index (χ3n) is 2.14. The molecule has 0 unspecified atom stereocenters. The first-order valence-electron chi connectivity index (χ1n) is 4.79. The van der Waals surface area contributed by atoms with Gasteiger partial charge in [0.2, 0.25) is 0 Å². The maximum atomic E-state index is 11.6. The van der Waals surface area contributed by atoms with Gasteiger partial charge in [0, 0.05) is 26.0 Å². The number of carbonyl (C=O) groups is 1. The van der Waals surface area contributed by atoms with Crippen LogP contribution in [0.1, 0.15) is 16.1 Å². The van der Waals surface area contributed by atoms with Gasteiger partial charge in [-0.05, 0) is 39.7 Å². The van der Waals surface area contributed by atoms with Crippen molar-refractivity contribution < 1.29 is 9.21 Å². The molecule has 84 valence electrons. The van der Waals surface area contributed by atoms with Crippen molar-refractivity contribution in [3.8, 4) is 0 Å². The molecule has 4 nitrogen and oxygen atoms in total. The van der Waals surface area contributed by atoms with Crippen molar-refractivity contribution >= 4 is 21.8 Å². The number of hydrogen-bond acceptors (Lipinski definition) is 2. The van der Waals surface area contributed by atoms with Gasteiger partial charge < -0.3 is 14.3 Å². The third-order valence-corrected chi connectivity index (χ3v) is 2.57. The highest BCUT2D eigenvalue weighted by molar-refractivity contribution is 9.10. The number of hydrogen-bond donors (Lipinski definition) is 1. The summed E-state index contributed by atoms with van der Waals surface area (Å²) in [7, 11) is 1.94. The van der Waals surface area contributed by atoms with E-state index in [0.29, 0.717) is 17.0 Å². The van der Waals surface area contributed by atoms with Gasteiger partial charge in [0.05, 0.1) is 0 Å². The number of halogens is 1. The Morgan fingerprint density at radius 3 is 2.88 bits per heavy atom. The Kier molecular flexibility index (Phi) is 3.14. The molecule has 0 aliphatic heterocycles. The molecule has 0 saturated carbocycles. The molecule has 0 radical (unpaired) electrons. The van der Waals surface area contributed by atoms with Crippen molar-refractivity contribution in [1.29, 1.82) is 0 Å². The van der Waals surface area contributed by atoms with E-state index in [2.05, 4.69) is 21.2 Å². The van der Waals surface area contributed by atoms with Gasteiger partial charge in [-0.2, -0.15) is 0 Å². The Labute approximate surface area is 101 Å². The first-order valence-corrected chi connectivity index (χ1v) is 5.59. The molecule has 1 amide bonds. The van der Waals surface area contributed by atoms with Crippen molar-refractivity contribution in [2.45, 2.75) is 6.54 Å². The minimum absolute atomic E-state index is 0.213. The molecule has 0 atom stereocenters. The zero-order chi connectivity index (χ0) is 11.5. The fraction of sp³-hybridized carbons (Fsp3) is 0.182. The molecule has 0 spiro atoms. The van der Waals surface area contributed by atoms with Crippen LogP contribution in [0.3, 0.4) is 0 Å². The molecular weight excluding hydrogens is 272 g/mol. The van der Waals surface area contributed by atoms with Crippen molar-refractivity contribution in [2.75, 3.05) is 0 Å². The number of aromatic nitrogens is 1. The highest BCUT2D eigenvalue weighted by atomic mass is 79.9. The quantitative estimate of drug-likeness (QED) is 0.939. The van der Waals surface area contributed by atoms with E-state index >= 15 is 0 Å². The summed E-state index contributed by atoms with van der Waals surface area (Å²) in [5.41, 5.74) is 1.06. The van der Waals surface area contributed by atoms with E-state index in [1.807, 2.05) is 30.1 Å². The van der Waals surface area contributed by atoms with E-state index in [9.17, 15) is 4.79 Å². The maximum Gasteiger partial charge on any atom is 0.287 e. The molecule has 1 N–H and O–H groups in total. The van der Waals surface area contributed by atoms with Gasteiger partial charge in [-0.3, -0.25) is 4.79 Å². The molecular formula is C11H11BrN2O2. The SMILES string of the molecule is Cn1ccc(CNC(=O)c2ccc(Br)o2)c1. The van der Waals surface area contributed by atoms with Gasteiger partial charge in [-0.25, -0.2) is 0 Å². The van der Waals surface area contributed by atoms with Crippen LogP contribution < -0.4 is 5.32 Å². The van der Waals surface area contributed by atoms with E-state index in [4.69, 9.17) is 4.42 Å². The van der Waals surface area contributed by atoms with Gasteiger partial charge in [0.1, 0.15) is 0 Å². The third kappa shape index (κ3) is 2.55. The summed E-state index contributed by atoms with van der Waals surface area (Å²) in [6.07, 6.45) is 3.89. The number of aryl methyl sites for hydroxylation is 1. The average Bonchev–Trinajstić information content (AvgIpc) is 2.84. The van der Waals surface area contributed by atoms with Crippen LogP contribution in [0, 0.1) is 0 Å². The summed E-state index contributed by atoms with van der Waals surface area (Å²) < 4.78 is 7.63. The normalized spacial score (nSPS) is 10.4. The van der Waals surface area contributed by atoms with Crippen molar-refractivity contribution in [3.05, 3.63) is 46.6 Å². The number of nitrogens with zero attached hydrogens (tertiary/aromatic N) is 1. The van der Waals surface area contributed by atoms with Crippen LogP contribution in [0.4, 0.5) is 0 Å². The molecule has 0 aliphatic carbocycles. The largest absolute Gasteiger partial charge is 0.444 e. The van der Waals surface area contributed by atoms with Crippen LogP contribution in [0.15, 0.2) is 39.7 Å². The Hall–Kier alpha value is -1.49. The summed E-state index contributed by atoms with van der Waals surface area (Å²) in [5.74, 6) is 0.0948. The van der Waals surface area contributed by atoms with Crippen molar-refractivity contribution in [2.24, 2.45) is 7.05 Å². The Balaban J connectivity index is 1.93. The summed E-state index contributed by atoms with van der Waals surface area (Å²) in [5, 5.41) is 2.78. The molecule has 2 heterocycles. The molecule has 2 rings (SSSR count). The minimum Gasteiger partial charge on any atom is -0.444 e. The van der Waals surface area contributed by atoms with Gasteiger partial charge in [-0.15, -0.1) is 0 Å². The monoisotopic (exact) mass is 282 g/mol. The maximum absolute atomic E-state index is 11.6. The van der Waals surface area contributed by atoms with Crippen molar-refractivity contribution in [3.63, 3.8) is 0 Å². The highest BCUT2D eigenvalue weighted by Gasteiger charge is 2.09. The molecule has 0 aromatic carbocycles. The average molecular weight is 283 g/mol. The first kappa shape index (κ1) is 11.0. The zero-order valence-electron chi connectivity index (χ0n) is 8.74. The molecule has 2 aromatic rings. The molecule has 0 aliphatic rings. The predicted molar refractivity (Wildman–Crippen MR) is 63.0 cm³/mol. The second kappa shape index (κ2) is 4.57. The lowest BCUT2D eigenvalue weighted by molar-refractivity contribution is 0.0922. The van der Waals surface area contributed by atoms with Gasteiger partial charge in [0.15, 0.2) is 10.4 Å². The fourth-order valence-corrected chi connectivity index (χ4v) is 1.68. The summed E-state index contributed by atoms with van der Waals surface area (Å²) in [4.78, 5) is 11.6. The molecule has 5 heteroatoms. The van der Waals surface area contributed by atoms with Crippen LogP contribution in [-0.4, -0.2) is 10.5 Å². The van der Waals surface area contributed by atoms with Crippen LogP contribution in [0.5, 0.6) is 0 Å². The van der Waals surface area contributed by atoms with Crippen LogP contribution in [0.2, 0.25) is 0 Å². The van der Waals surface area contributed by atoms with Crippen molar-refractivity contribution in [1.82, 2.24) is 9.88 Å². The zero-order valence-corrected chi connectivity index (χ0v) is 10.3. The molecule has 2 aromatic heterocycles. The van der Waals surface area contributed by atoms with Gasteiger partial charge >= 0.3 is 0 Å². The first-order chi connectivity index (χ1) is 7.65. The van der Waals surface area contributed by atoms with Crippen LogP contribution in [-0.2, 0) is 13.6 Å². The molecule has 0 saturated heterocycles. The van der Waals surface area contributed by atoms with E-state index in [0.717, 1.165) is 5.56 Å². The number of carbonyl (C=O) groups excluding carboxylic acids is 1. The van der Waals surface area contributed by atoms with E-state index in [1.54, 1.807) is 12.1 Å². The standard InChI is InChI=1S/C11H11BrN2O2/c1-14-5-4-8(7-14)6-13-11(15)9-2-3-10(12)16-9/h2-5,7H,6H2,1H3,(H,13,15).